The van der Waals surface area contributed by atoms with E-state index in [4.69, 9.17) is 16.2 Å². The number of hydrogen-bond donors (Lipinski definition) is 4. The quantitative estimate of drug-likeness (QED) is 0.171. The van der Waals surface area contributed by atoms with E-state index in [9.17, 15) is 24.0 Å². The Bertz CT molecular complexity index is 930. The van der Waals surface area contributed by atoms with E-state index in [1.807, 2.05) is 0 Å². The van der Waals surface area contributed by atoms with Gasteiger partial charge in [-0.3, -0.25) is 24.6 Å². The van der Waals surface area contributed by atoms with Crippen LogP contribution in [-0.4, -0.2) is 89.2 Å². The second-order valence-corrected chi connectivity index (χ2v) is 6.90. The van der Waals surface area contributed by atoms with Crippen molar-refractivity contribution in [3.8, 4) is 0 Å². The number of piperazine rings is 1. The van der Waals surface area contributed by atoms with Gasteiger partial charge in [-0.2, -0.15) is 0 Å². The first kappa shape index (κ1) is 23.3. The predicted molar refractivity (Wildman–Crippen MR) is 106 cm³/mol. The van der Waals surface area contributed by atoms with Crippen molar-refractivity contribution in [3.05, 3.63) is 35.4 Å². The smallest absolute Gasteiger partial charge is 0.341 e. The number of carbonyl (C=O) groups excluding carboxylic acids is 4. The summed E-state index contributed by atoms with van der Waals surface area (Å²) in [7, 11) is 1.05. The number of nitrogens with two attached hydrogens (primary N) is 1. The summed E-state index contributed by atoms with van der Waals surface area (Å²) in [6, 6.07) is 5.83. The summed E-state index contributed by atoms with van der Waals surface area (Å²) in [5.74, 6) is -4.62. The molecule has 0 unspecified atom stereocenters. The van der Waals surface area contributed by atoms with Gasteiger partial charge in [0.25, 0.3) is 11.8 Å². The summed E-state index contributed by atoms with van der Waals surface area (Å²) < 4.78 is 4.68. The van der Waals surface area contributed by atoms with Crippen LogP contribution in [-0.2, 0) is 23.9 Å². The van der Waals surface area contributed by atoms with Gasteiger partial charge < -0.3 is 30.7 Å². The number of esters is 1. The molecule has 0 aliphatic carbocycles. The van der Waals surface area contributed by atoms with Gasteiger partial charge in [0, 0.05) is 24.2 Å². The zero-order valence-electron chi connectivity index (χ0n) is 17.0. The number of ether oxygens (including phenoxy) is 1. The lowest BCUT2D eigenvalue weighted by Gasteiger charge is -2.45. The average Bonchev–Trinajstić information content (AvgIpc) is 2.74. The molecule has 1 aromatic carbocycles. The molecule has 31 heavy (non-hydrogen) atoms. The highest BCUT2D eigenvalue weighted by Crippen LogP contribution is 2.25. The van der Waals surface area contributed by atoms with E-state index in [0.29, 0.717) is 5.56 Å². The van der Waals surface area contributed by atoms with Crippen molar-refractivity contribution in [1.29, 1.82) is 5.41 Å². The molecule has 3 amide bonds. The van der Waals surface area contributed by atoms with Crippen molar-refractivity contribution in [3.63, 3.8) is 0 Å². The summed E-state index contributed by atoms with van der Waals surface area (Å²) >= 11 is 0. The highest BCUT2D eigenvalue weighted by atomic mass is 16.5. The summed E-state index contributed by atoms with van der Waals surface area (Å²) in [5.41, 5.74) is 3.95. The number of rotatable bonds is 7. The molecule has 0 radical (unpaired) electrons. The number of benzene rings is 1. The van der Waals surface area contributed by atoms with Gasteiger partial charge in [-0.25, -0.2) is 4.79 Å². The minimum atomic E-state index is -2.06. The largest absolute Gasteiger partial charge is 0.480 e. The van der Waals surface area contributed by atoms with Crippen molar-refractivity contribution in [1.82, 2.24) is 15.1 Å². The van der Waals surface area contributed by atoms with Crippen LogP contribution in [0.25, 0.3) is 0 Å². The highest BCUT2D eigenvalue weighted by molar-refractivity contribution is 6.11. The minimum Gasteiger partial charge on any atom is -0.480 e. The van der Waals surface area contributed by atoms with Gasteiger partial charge in [0.15, 0.2) is 0 Å². The van der Waals surface area contributed by atoms with Crippen LogP contribution in [0.2, 0.25) is 0 Å². The Kier molecular flexibility index (Phi) is 6.95. The number of nitrogens with one attached hydrogen (secondary N) is 2. The molecule has 12 nitrogen and oxygen atoms in total. The Morgan fingerprint density at radius 1 is 1.19 bits per heavy atom. The molecule has 1 aromatic rings. The SMILES string of the molecule is COC(=O)[C@]1(C)C(=O)N(CC(=O)O)CCN1C(=O)CNC(=O)c1ccc(C(=N)N)cc1. The summed E-state index contributed by atoms with van der Waals surface area (Å²) in [4.78, 5) is 63.1. The number of carboxylic acids is 1. The van der Waals surface area contributed by atoms with E-state index >= 15 is 0 Å². The molecule has 1 saturated heterocycles. The average molecular weight is 433 g/mol. The lowest BCUT2D eigenvalue weighted by molar-refractivity contribution is -0.176. The third-order valence-corrected chi connectivity index (χ3v) is 4.91. The Morgan fingerprint density at radius 2 is 1.77 bits per heavy atom. The number of carboxylic acid groups (broad SMARTS) is 1. The van der Waals surface area contributed by atoms with Crippen molar-refractivity contribution in [2.75, 3.05) is 33.3 Å². The molecule has 12 heteroatoms. The molecule has 1 atom stereocenters. The summed E-state index contributed by atoms with van der Waals surface area (Å²) in [6.07, 6.45) is 0. The number of carbonyl (C=O) groups is 5. The molecule has 1 heterocycles. The fourth-order valence-electron chi connectivity index (χ4n) is 3.21. The van der Waals surface area contributed by atoms with Gasteiger partial charge in [-0.1, -0.05) is 12.1 Å². The van der Waals surface area contributed by atoms with E-state index in [-0.39, 0.29) is 24.5 Å². The molecular weight excluding hydrogens is 410 g/mol. The number of amidine groups is 1. The van der Waals surface area contributed by atoms with Crippen molar-refractivity contribution in [2.24, 2.45) is 5.73 Å². The number of aliphatic carboxylic acids is 1. The van der Waals surface area contributed by atoms with Gasteiger partial charge in [0.1, 0.15) is 12.4 Å². The van der Waals surface area contributed by atoms with E-state index in [1.165, 1.54) is 31.2 Å². The van der Waals surface area contributed by atoms with Gasteiger partial charge in [0.2, 0.25) is 11.4 Å². The Hall–Kier alpha value is -3.96. The van der Waals surface area contributed by atoms with Crippen LogP contribution < -0.4 is 11.1 Å². The molecule has 1 aliphatic rings. The first-order chi connectivity index (χ1) is 14.5. The van der Waals surface area contributed by atoms with Gasteiger partial charge in [0.05, 0.1) is 13.7 Å². The Morgan fingerprint density at radius 3 is 2.29 bits per heavy atom. The van der Waals surface area contributed by atoms with Crippen LogP contribution in [0.5, 0.6) is 0 Å². The van der Waals surface area contributed by atoms with Crippen LogP contribution in [0, 0.1) is 5.41 Å². The molecular formula is C19H23N5O7. The molecule has 2 rings (SSSR count). The molecule has 0 saturated carbocycles. The number of amides is 3. The number of nitrogens with zero attached hydrogens (tertiary/aromatic N) is 2. The van der Waals surface area contributed by atoms with Crippen molar-refractivity contribution < 1.29 is 33.8 Å². The fourth-order valence-corrected chi connectivity index (χ4v) is 3.21. The number of nitrogen functional groups attached to an aromatic ring is 1. The maximum Gasteiger partial charge on any atom is 0.341 e. The van der Waals surface area contributed by atoms with E-state index < -0.39 is 48.3 Å². The van der Waals surface area contributed by atoms with E-state index in [1.54, 1.807) is 0 Å². The highest BCUT2D eigenvalue weighted by Gasteiger charge is 2.54. The van der Waals surface area contributed by atoms with Crippen LogP contribution in [0.3, 0.4) is 0 Å². The van der Waals surface area contributed by atoms with Crippen molar-refractivity contribution >= 4 is 35.5 Å². The van der Waals surface area contributed by atoms with E-state index in [0.717, 1.165) is 16.9 Å². The lowest BCUT2D eigenvalue weighted by atomic mass is 9.94. The number of hydrogen-bond acceptors (Lipinski definition) is 7. The fraction of sp³-hybridized carbons (Fsp3) is 0.368. The van der Waals surface area contributed by atoms with Gasteiger partial charge in [-0.15, -0.1) is 0 Å². The molecule has 1 fully saturated rings. The van der Waals surface area contributed by atoms with Crippen LogP contribution >= 0.6 is 0 Å². The molecule has 0 spiro atoms. The zero-order valence-corrected chi connectivity index (χ0v) is 17.0. The minimum absolute atomic E-state index is 0.0933. The van der Waals surface area contributed by atoms with Crippen molar-refractivity contribution in [2.45, 2.75) is 12.5 Å². The molecule has 5 N–H and O–H groups in total. The van der Waals surface area contributed by atoms with E-state index in [2.05, 4.69) is 10.1 Å². The van der Waals surface area contributed by atoms with Crippen LogP contribution in [0.15, 0.2) is 24.3 Å². The topological polar surface area (TPSA) is 183 Å². The molecule has 1 aliphatic heterocycles. The predicted octanol–water partition coefficient (Wildman–Crippen LogP) is -1.61. The van der Waals surface area contributed by atoms with Gasteiger partial charge in [-0.05, 0) is 19.1 Å². The Labute approximate surface area is 177 Å². The standard InChI is InChI=1S/C19H23N5O7/c1-19(18(30)31-2)17(29)23(10-14(26)27)7-8-24(19)13(25)9-22-16(28)12-5-3-11(4-6-12)15(20)21/h3-6H,7-10H2,1-2H3,(H3,20,21)(H,22,28)(H,26,27)/t19-/m0/s1. The van der Waals surface area contributed by atoms with Gasteiger partial charge >= 0.3 is 11.9 Å². The monoisotopic (exact) mass is 433 g/mol. The van der Waals surface area contributed by atoms with Crippen LogP contribution in [0.1, 0.15) is 22.8 Å². The maximum absolute atomic E-state index is 12.8. The normalized spacial score (nSPS) is 18.3. The third-order valence-electron chi connectivity index (χ3n) is 4.91. The number of methoxy groups -OCH3 is 1. The first-order valence-electron chi connectivity index (χ1n) is 9.15. The second-order valence-electron chi connectivity index (χ2n) is 6.90. The second kappa shape index (κ2) is 9.24. The summed E-state index contributed by atoms with van der Waals surface area (Å²) in [5, 5.41) is 18.7. The third kappa shape index (κ3) is 4.79. The molecule has 166 valence electrons. The summed E-state index contributed by atoms with van der Waals surface area (Å²) in [6.45, 7) is -0.168. The molecule has 0 aromatic heterocycles. The Balaban J connectivity index is 2.14. The molecule has 0 bridgehead atoms. The lowest BCUT2D eigenvalue weighted by Crippen LogP contribution is -2.70. The maximum atomic E-state index is 12.8. The zero-order chi connectivity index (χ0) is 23.3. The van der Waals surface area contributed by atoms with Crippen LogP contribution in [0.4, 0.5) is 0 Å². The first-order valence-corrected chi connectivity index (χ1v) is 9.15.